The molecule has 0 unspecified atom stereocenters. The van der Waals surface area contributed by atoms with Crippen LogP contribution in [0, 0.1) is 13.8 Å². The van der Waals surface area contributed by atoms with E-state index >= 15 is 0 Å². The summed E-state index contributed by atoms with van der Waals surface area (Å²) in [6.45, 7) is 3.45. The normalized spacial score (nSPS) is 14.4. The number of para-hydroxylation sites is 1. The van der Waals surface area contributed by atoms with Crippen LogP contribution in [0.5, 0.6) is 0 Å². The zero-order chi connectivity index (χ0) is 22.4. The summed E-state index contributed by atoms with van der Waals surface area (Å²) in [5, 5.41) is 11.1. The number of aliphatic hydroxyl groups is 1. The number of fused-ring (bicyclic) bond motifs is 1. The minimum Gasteiger partial charge on any atom is -0.506 e. The topological polar surface area (TPSA) is 98.4 Å². The fourth-order valence-corrected chi connectivity index (χ4v) is 4.20. The molecule has 1 fully saturated rings. The number of aryl methyl sites for hydroxylation is 3. The predicted octanol–water partition coefficient (Wildman–Crippen LogP) is 2.90. The van der Waals surface area contributed by atoms with Gasteiger partial charge in [0, 0.05) is 25.5 Å². The van der Waals surface area contributed by atoms with Crippen LogP contribution in [0.1, 0.15) is 36.0 Å². The minimum absolute atomic E-state index is 0.201. The summed E-state index contributed by atoms with van der Waals surface area (Å²) >= 11 is 0. The molecule has 7 nitrogen and oxygen atoms in total. The van der Waals surface area contributed by atoms with Crippen molar-refractivity contribution in [2.45, 2.75) is 33.1 Å². The first kappa shape index (κ1) is 20.5. The lowest BCUT2D eigenvalue weighted by Gasteiger charge is -2.17. The molecule has 1 aromatic heterocycles. The summed E-state index contributed by atoms with van der Waals surface area (Å²) in [5.74, 6) is -1.21. The summed E-state index contributed by atoms with van der Waals surface area (Å²) in [6.07, 6.45) is 0.868. The highest BCUT2D eigenvalue weighted by Gasteiger charge is 2.29. The maximum atomic E-state index is 13.5. The van der Waals surface area contributed by atoms with Crippen LogP contribution in [-0.2, 0) is 16.6 Å². The molecule has 0 spiro atoms. The molecule has 4 rings (SSSR count). The van der Waals surface area contributed by atoms with E-state index in [0.29, 0.717) is 23.2 Å². The lowest BCUT2D eigenvalue weighted by Crippen LogP contribution is -2.38. The fraction of sp³-hybridized carbons (Fsp3) is 0.250. The summed E-state index contributed by atoms with van der Waals surface area (Å²) in [4.78, 5) is 51.0. The van der Waals surface area contributed by atoms with E-state index in [2.05, 4.69) is 0 Å². The number of aromatic nitrogens is 2. The summed E-state index contributed by atoms with van der Waals surface area (Å²) in [6, 6.07) is 10.2. The average Bonchev–Trinajstić information content (AvgIpc) is 2.73. The Kier molecular flexibility index (Phi) is 4.97. The third-order valence-electron chi connectivity index (χ3n) is 5.91. The second-order valence-corrected chi connectivity index (χ2v) is 7.82. The molecule has 0 saturated heterocycles. The molecule has 2 aromatic carbocycles. The molecule has 0 aliphatic heterocycles. The van der Waals surface area contributed by atoms with Crippen molar-refractivity contribution in [1.29, 1.82) is 0 Å². The Labute approximate surface area is 177 Å². The number of rotatable bonds is 2. The SMILES string of the molecule is Cc1ccccc1-n1c(=O)c2c(C)c(C(O)=C3C(=O)CCCC3=O)ccc2n(C)c1=O. The maximum Gasteiger partial charge on any atom is 0.335 e. The van der Waals surface area contributed by atoms with Crippen molar-refractivity contribution in [3.8, 4) is 5.69 Å². The van der Waals surface area contributed by atoms with Crippen LogP contribution >= 0.6 is 0 Å². The Morgan fingerprint density at radius 2 is 1.58 bits per heavy atom. The molecule has 1 aliphatic rings. The molecule has 0 radical (unpaired) electrons. The number of aliphatic hydroxyl groups excluding tert-OH is 1. The standard InChI is InChI=1S/C24H22N2O5/c1-13-7-4-5-8-16(13)26-23(30)20-14(2)15(11-12-17(20)25(3)24(26)31)22(29)21-18(27)9-6-10-19(21)28/h4-5,7-8,11-12,29H,6,9-10H2,1-3H3. The lowest BCUT2D eigenvalue weighted by atomic mass is 9.88. The zero-order valence-corrected chi connectivity index (χ0v) is 17.6. The number of benzene rings is 2. The Hall–Kier alpha value is -3.74. The number of nitrogens with zero attached hydrogens (tertiary/aromatic N) is 2. The first-order valence-corrected chi connectivity index (χ1v) is 10.1. The first-order chi connectivity index (χ1) is 14.7. The molecule has 0 amide bonds. The predicted molar refractivity (Wildman–Crippen MR) is 118 cm³/mol. The lowest BCUT2D eigenvalue weighted by molar-refractivity contribution is -0.123. The van der Waals surface area contributed by atoms with Gasteiger partial charge in [0.1, 0.15) is 11.3 Å². The maximum absolute atomic E-state index is 13.5. The van der Waals surface area contributed by atoms with Crippen LogP contribution in [0.3, 0.4) is 0 Å². The van der Waals surface area contributed by atoms with Gasteiger partial charge in [-0.3, -0.25) is 19.0 Å². The summed E-state index contributed by atoms with van der Waals surface area (Å²) in [7, 11) is 1.57. The second-order valence-electron chi connectivity index (χ2n) is 7.82. The van der Waals surface area contributed by atoms with Crippen molar-refractivity contribution >= 4 is 28.2 Å². The molecule has 1 N–H and O–H groups in total. The number of ketones is 2. The van der Waals surface area contributed by atoms with E-state index in [-0.39, 0.29) is 29.4 Å². The third kappa shape index (κ3) is 3.13. The second kappa shape index (κ2) is 7.50. The van der Waals surface area contributed by atoms with Crippen molar-refractivity contribution < 1.29 is 14.7 Å². The van der Waals surface area contributed by atoms with E-state index in [0.717, 1.165) is 10.1 Å². The van der Waals surface area contributed by atoms with Crippen molar-refractivity contribution in [1.82, 2.24) is 9.13 Å². The molecule has 0 atom stereocenters. The highest BCUT2D eigenvalue weighted by atomic mass is 16.3. The van der Waals surface area contributed by atoms with Gasteiger partial charge < -0.3 is 5.11 Å². The molecular formula is C24H22N2O5. The van der Waals surface area contributed by atoms with Crippen LogP contribution in [0.2, 0.25) is 0 Å². The average molecular weight is 418 g/mol. The number of hydrogen-bond acceptors (Lipinski definition) is 5. The van der Waals surface area contributed by atoms with E-state index in [9.17, 15) is 24.3 Å². The largest absolute Gasteiger partial charge is 0.506 e. The van der Waals surface area contributed by atoms with Gasteiger partial charge in [-0.15, -0.1) is 0 Å². The minimum atomic E-state index is -0.522. The Balaban J connectivity index is 2.08. The molecule has 7 heteroatoms. The Bertz CT molecular complexity index is 1400. The third-order valence-corrected chi connectivity index (χ3v) is 5.91. The molecule has 0 bridgehead atoms. The number of carbonyl (C=O) groups excluding carboxylic acids is 2. The van der Waals surface area contributed by atoms with Crippen LogP contribution in [0.25, 0.3) is 22.3 Å². The van der Waals surface area contributed by atoms with Crippen molar-refractivity contribution in [2.75, 3.05) is 0 Å². The molecule has 1 saturated carbocycles. The van der Waals surface area contributed by atoms with Gasteiger partial charge in [-0.25, -0.2) is 9.36 Å². The van der Waals surface area contributed by atoms with E-state index in [1.807, 2.05) is 19.1 Å². The van der Waals surface area contributed by atoms with Gasteiger partial charge in [0.25, 0.3) is 5.56 Å². The van der Waals surface area contributed by atoms with Crippen molar-refractivity contribution in [3.63, 3.8) is 0 Å². The molecule has 1 heterocycles. The highest BCUT2D eigenvalue weighted by molar-refractivity contribution is 6.25. The fourth-order valence-electron chi connectivity index (χ4n) is 4.20. The first-order valence-electron chi connectivity index (χ1n) is 10.1. The van der Waals surface area contributed by atoms with Crippen LogP contribution in [0.15, 0.2) is 51.6 Å². The summed E-state index contributed by atoms with van der Waals surface area (Å²) in [5.41, 5.74) is 1.05. The van der Waals surface area contributed by atoms with Crippen LogP contribution in [0.4, 0.5) is 0 Å². The van der Waals surface area contributed by atoms with Gasteiger partial charge in [0.2, 0.25) is 0 Å². The Morgan fingerprint density at radius 3 is 2.23 bits per heavy atom. The van der Waals surface area contributed by atoms with Crippen molar-refractivity contribution in [3.05, 3.63) is 79.5 Å². The number of hydrogen-bond donors (Lipinski definition) is 1. The van der Waals surface area contributed by atoms with Gasteiger partial charge in [-0.1, -0.05) is 18.2 Å². The molecule has 31 heavy (non-hydrogen) atoms. The quantitative estimate of drug-likeness (QED) is 0.392. The molecule has 158 valence electrons. The highest BCUT2D eigenvalue weighted by Crippen LogP contribution is 2.29. The van der Waals surface area contributed by atoms with E-state index < -0.39 is 28.6 Å². The van der Waals surface area contributed by atoms with Gasteiger partial charge in [0.15, 0.2) is 11.6 Å². The van der Waals surface area contributed by atoms with Crippen molar-refractivity contribution in [2.24, 2.45) is 7.05 Å². The Morgan fingerprint density at radius 1 is 0.935 bits per heavy atom. The van der Waals surface area contributed by atoms with E-state index in [1.54, 1.807) is 32.2 Å². The van der Waals surface area contributed by atoms with Crippen LogP contribution in [-0.4, -0.2) is 25.8 Å². The monoisotopic (exact) mass is 418 g/mol. The molecule has 1 aliphatic carbocycles. The van der Waals surface area contributed by atoms with E-state index in [4.69, 9.17) is 0 Å². The zero-order valence-electron chi connectivity index (χ0n) is 17.6. The van der Waals surface area contributed by atoms with Gasteiger partial charge in [-0.2, -0.15) is 0 Å². The number of Topliss-reactive ketones (excluding diaryl/α,β-unsaturated/α-hetero) is 2. The molecule has 3 aromatic rings. The number of carbonyl (C=O) groups is 2. The number of allylic oxidation sites excluding steroid dienone is 1. The van der Waals surface area contributed by atoms with Gasteiger partial charge >= 0.3 is 5.69 Å². The van der Waals surface area contributed by atoms with Gasteiger partial charge in [0.05, 0.1) is 16.6 Å². The van der Waals surface area contributed by atoms with Crippen LogP contribution < -0.4 is 11.2 Å². The smallest absolute Gasteiger partial charge is 0.335 e. The van der Waals surface area contributed by atoms with Gasteiger partial charge in [-0.05, 0) is 49.6 Å². The molecular weight excluding hydrogens is 396 g/mol. The summed E-state index contributed by atoms with van der Waals surface area (Å²) < 4.78 is 2.48. The van der Waals surface area contributed by atoms with E-state index in [1.165, 1.54) is 10.6 Å².